The molecule has 3 aromatic rings. The molecule has 0 aliphatic heterocycles. The maximum absolute atomic E-state index is 12.3. The molecule has 6 nitrogen and oxygen atoms in total. The standard InChI is InChI=1S/C18H16ClN3O3S/c1-22(18-21-16-13(19)4-3-5-14(16)26-18)10-15(23)20-12-8-6-11(7-9-12)17(24)25-2/h3-9H,10H2,1-2H3,(H,20,23). The Morgan fingerprint density at radius 1 is 1.23 bits per heavy atom. The minimum Gasteiger partial charge on any atom is -0.465 e. The van der Waals surface area contributed by atoms with Gasteiger partial charge in [0, 0.05) is 12.7 Å². The SMILES string of the molecule is COC(=O)c1ccc(NC(=O)CN(C)c2nc3c(Cl)cccc3s2)cc1. The van der Waals surface area contributed by atoms with E-state index in [1.54, 1.807) is 42.3 Å². The molecule has 3 rings (SSSR count). The van der Waals surface area contributed by atoms with Crippen LogP contribution in [0, 0.1) is 0 Å². The summed E-state index contributed by atoms with van der Waals surface area (Å²) in [6.07, 6.45) is 0. The van der Waals surface area contributed by atoms with E-state index in [0.29, 0.717) is 21.4 Å². The Morgan fingerprint density at radius 3 is 2.62 bits per heavy atom. The topological polar surface area (TPSA) is 71.5 Å². The van der Waals surface area contributed by atoms with E-state index in [-0.39, 0.29) is 12.5 Å². The van der Waals surface area contributed by atoms with E-state index >= 15 is 0 Å². The number of para-hydroxylation sites is 1. The number of amides is 1. The zero-order chi connectivity index (χ0) is 18.7. The van der Waals surface area contributed by atoms with Crippen LogP contribution in [0.1, 0.15) is 10.4 Å². The molecule has 2 aromatic carbocycles. The van der Waals surface area contributed by atoms with Crippen molar-refractivity contribution in [1.82, 2.24) is 4.98 Å². The number of esters is 1. The van der Waals surface area contributed by atoms with Crippen molar-refractivity contribution in [3.8, 4) is 0 Å². The van der Waals surface area contributed by atoms with Crippen molar-refractivity contribution in [2.45, 2.75) is 0 Å². The van der Waals surface area contributed by atoms with Gasteiger partial charge in [-0.25, -0.2) is 9.78 Å². The molecule has 0 unspecified atom stereocenters. The van der Waals surface area contributed by atoms with Gasteiger partial charge in [0.25, 0.3) is 0 Å². The average molecular weight is 390 g/mol. The smallest absolute Gasteiger partial charge is 0.337 e. The molecule has 1 heterocycles. The molecular formula is C18H16ClN3O3S. The maximum atomic E-state index is 12.3. The summed E-state index contributed by atoms with van der Waals surface area (Å²) in [5.74, 6) is -0.610. The van der Waals surface area contributed by atoms with Crippen LogP contribution in [0.25, 0.3) is 10.2 Å². The molecule has 0 radical (unpaired) electrons. The van der Waals surface area contributed by atoms with Crippen LogP contribution in [0.3, 0.4) is 0 Å². The summed E-state index contributed by atoms with van der Waals surface area (Å²) in [6.45, 7) is 0.135. The third-order valence-corrected chi connectivity index (χ3v) is 5.10. The zero-order valence-electron chi connectivity index (χ0n) is 14.2. The number of hydrogen-bond donors (Lipinski definition) is 1. The van der Waals surface area contributed by atoms with Gasteiger partial charge in [0.1, 0.15) is 5.52 Å². The number of ether oxygens (including phenoxy) is 1. The van der Waals surface area contributed by atoms with Gasteiger partial charge in [-0.2, -0.15) is 0 Å². The number of carbonyl (C=O) groups is 2. The van der Waals surface area contributed by atoms with Crippen LogP contribution in [0.5, 0.6) is 0 Å². The minimum absolute atomic E-state index is 0.135. The Labute approximate surface area is 159 Å². The van der Waals surface area contributed by atoms with Crippen molar-refractivity contribution in [2.24, 2.45) is 0 Å². The van der Waals surface area contributed by atoms with Crippen molar-refractivity contribution in [2.75, 3.05) is 30.9 Å². The summed E-state index contributed by atoms with van der Waals surface area (Å²) in [7, 11) is 3.12. The van der Waals surface area contributed by atoms with Crippen molar-refractivity contribution in [3.05, 3.63) is 53.1 Å². The fraction of sp³-hybridized carbons (Fsp3) is 0.167. The molecule has 134 valence electrons. The first-order chi connectivity index (χ1) is 12.5. The highest BCUT2D eigenvalue weighted by Gasteiger charge is 2.14. The second kappa shape index (κ2) is 7.72. The van der Waals surface area contributed by atoms with Gasteiger partial charge in [-0.3, -0.25) is 4.79 Å². The molecule has 26 heavy (non-hydrogen) atoms. The minimum atomic E-state index is -0.419. The average Bonchev–Trinajstić information content (AvgIpc) is 3.07. The monoisotopic (exact) mass is 389 g/mol. The number of nitrogens with one attached hydrogen (secondary N) is 1. The molecule has 0 atom stereocenters. The van der Waals surface area contributed by atoms with Gasteiger partial charge in [0.05, 0.1) is 28.9 Å². The van der Waals surface area contributed by atoms with Crippen LogP contribution in [-0.2, 0) is 9.53 Å². The first kappa shape index (κ1) is 18.2. The van der Waals surface area contributed by atoms with E-state index in [4.69, 9.17) is 11.6 Å². The van der Waals surface area contributed by atoms with E-state index < -0.39 is 5.97 Å². The Hall–Kier alpha value is -2.64. The van der Waals surface area contributed by atoms with Gasteiger partial charge in [-0.05, 0) is 36.4 Å². The number of aromatic nitrogens is 1. The fourth-order valence-corrected chi connectivity index (χ4v) is 3.58. The maximum Gasteiger partial charge on any atom is 0.337 e. The van der Waals surface area contributed by atoms with Crippen LogP contribution in [0.15, 0.2) is 42.5 Å². The molecule has 0 fully saturated rings. The molecule has 0 aliphatic carbocycles. The van der Waals surface area contributed by atoms with Gasteiger partial charge < -0.3 is 15.0 Å². The second-order valence-corrected chi connectivity index (χ2v) is 6.97. The van der Waals surface area contributed by atoms with Crippen molar-refractivity contribution < 1.29 is 14.3 Å². The van der Waals surface area contributed by atoms with Crippen molar-refractivity contribution in [1.29, 1.82) is 0 Å². The highest BCUT2D eigenvalue weighted by Crippen LogP contribution is 2.32. The largest absolute Gasteiger partial charge is 0.465 e. The molecule has 1 N–H and O–H groups in total. The van der Waals surface area contributed by atoms with Gasteiger partial charge in [0.15, 0.2) is 5.13 Å². The van der Waals surface area contributed by atoms with E-state index in [2.05, 4.69) is 15.0 Å². The predicted octanol–water partition coefficient (Wildman–Crippen LogP) is 3.81. The highest BCUT2D eigenvalue weighted by atomic mass is 35.5. The third-order valence-electron chi connectivity index (χ3n) is 3.66. The van der Waals surface area contributed by atoms with Crippen LogP contribution < -0.4 is 10.2 Å². The number of hydrogen-bond acceptors (Lipinski definition) is 6. The lowest BCUT2D eigenvalue weighted by atomic mass is 10.2. The Balaban J connectivity index is 1.65. The number of benzene rings is 2. The summed E-state index contributed by atoms with van der Waals surface area (Å²) in [4.78, 5) is 29.9. The number of likely N-dealkylation sites (N-methyl/N-ethyl adjacent to an activating group) is 1. The first-order valence-electron chi connectivity index (χ1n) is 7.72. The molecular weight excluding hydrogens is 374 g/mol. The van der Waals surface area contributed by atoms with Gasteiger partial charge in [0.2, 0.25) is 5.91 Å². The van der Waals surface area contributed by atoms with E-state index in [1.165, 1.54) is 18.4 Å². The van der Waals surface area contributed by atoms with Crippen molar-refractivity contribution in [3.63, 3.8) is 0 Å². The summed E-state index contributed by atoms with van der Waals surface area (Å²) >= 11 is 7.62. The molecule has 0 spiro atoms. The lowest BCUT2D eigenvalue weighted by molar-refractivity contribution is -0.114. The fourth-order valence-electron chi connectivity index (χ4n) is 2.36. The molecule has 1 amide bonds. The molecule has 0 saturated carbocycles. The number of fused-ring (bicyclic) bond motifs is 1. The van der Waals surface area contributed by atoms with Crippen LogP contribution in [0.2, 0.25) is 5.02 Å². The molecule has 0 saturated heterocycles. The van der Waals surface area contributed by atoms with Gasteiger partial charge in [-0.15, -0.1) is 0 Å². The second-order valence-electron chi connectivity index (χ2n) is 5.56. The first-order valence-corrected chi connectivity index (χ1v) is 8.92. The number of nitrogens with zero attached hydrogens (tertiary/aromatic N) is 2. The van der Waals surface area contributed by atoms with E-state index in [9.17, 15) is 9.59 Å². The van der Waals surface area contributed by atoms with E-state index in [0.717, 1.165) is 10.2 Å². The number of methoxy groups -OCH3 is 1. The van der Waals surface area contributed by atoms with Crippen LogP contribution >= 0.6 is 22.9 Å². The lowest BCUT2D eigenvalue weighted by Crippen LogP contribution is -2.29. The summed E-state index contributed by atoms with van der Waals surface area (Å²) in [5, 5.41) is 4.09. The Kier molecular flexibility index (Phi) is 5.39. The number of anilines is 2. The summed E-state index contributed by atoms with van der Waals surface area (Å²) in [6, 6.07) is 12.1. The zero-order valence-corrected chi connectivity index (χ0v) is 15.7. The van der Waals surface area contributed by atoms with Crippen molar-refractivity contribution >= 4 is 55.8 Å². The number of thiazole rings is 1. The summed E-state index contributed by atoms with van der Waals surface area (Å²) < 4.78 is 5.61. The van der Waals surface area contributed by atoms with E-state index in [1.807, 2.05) is 12.1 Å². The van der Waals surface area contributed by atoms with Crippen LogP contribution in [0.4, 0.5) is 10.8 Å². The lowest BCUT2D eigenvalue weighted by Gasteiger charge is -2.15. The van der Waals surface area contributed by atoms with Gasteiger partial charge >= 0.3 is 5.97 Å². The molecule has 1 aromatic heterocycles. The number of halogens is 1. The molecule has 0 bridgehead atoms. The number of carbonyl (C=O) groups excluding carboxylic acids is 2. The summed E-state index contributed by atoms with van der Waals surface area (Å²) in [5.41, 5.74) is 1.76. The Bertz CT molecular complexity index is 956. The predicted molar refractivity (Wildman–Crippen MR) is 104 cm³/mol. The normalized spacial score (nSPS) is 10.6. The molecule has 0 aliphatic rings. The number of rotatable bonds is 5. The third kappa shape index (κ3) is 3.95. The molecule has 8 heteroatoms. The van der Waals surface area contributed by atoms with Crippen LogP contribution in [-0.4, -0.2) is 37.6 Å². The van der Waals surface area contributed by atoms with Gasteiger partial charge in [-0.1, -0.05) is 29.0 Å². The highest BCUT2D eigenvalue weighted by molar-refractivity contribution is 7.22. The quantitative estimate of drug-likeness (QED) is 0.672. The Morgan fingerprint density at radius 2 is 1.96 bits per heavy atom.